The van der Waals surface area contributed by atoms with Crippen molar-refractivity contribution in [3.8, 4) is 6.07 Å². The highest BCUT2D eigenvalue weighted by Gasteiger charge is 2.25. The zero-order valence-electron chi connectivity index (χ0n) is 10.3. The van der Waals surface area contributed by atoms with Crippen LogP contribution in [0.5, 0.6) is 0 Å². The van der Waals surface area contributed by atoms with E-state index in [9.17, 15) is 0 Å². The van der Waals surface area contributed by atoms with Gasteiger partial charge in [-0.3, -0.25) is 4.90 Å². The summed E-state index contributed by atoms with van der Waals surface area (Å²) in [5.74, 6) is 0. The molecule has 1 saturated heterocycles. The molecule has 90 valence electrons. The lowest BCUT2D eigenvalue weighted by atomic mass is 10.1. The van der Waals surface area contributed by atoms with Crippen LogP contribution >= 0.6 is 0 Å². The van der Waals surface area contributed by atoms with E-state index in [4.69, 9.17) is 5.26 Å². The Labute approximate surface area is 103 Å². The summed E-state index contributed by atoms with van der Waals surface area (Å²) < 4.78 is 0. The van der Waals surface area contributed by atoms with E-state index >= 15 is 0 Å². The van der Waals surface area contributed by atoms with Gasteiger partial charge in [0.25, 0.3) is 0 Å². The second kappa shape index (κ2) is 5.81. The van der Waals surface area contributed by atoms with E-state index in [0.717, 1.165) is 19.6 Å². The monoisotopic (exact) mass is 229 g/mol. The van der Waals surface area contributed by atoms with Crippen molar-refractivity contribution in [1.29, 1.82) is 5.26 Å². The van der Waals surface area contributed by atoms with Gasteiger partial charge in [-0.1, -0.05) is 30.3 Å². The summed E-state index contributed by atoms with van der Waals surface area (Å²) >= 11 is 0. The lowest BCUT2D eigenvalue weighted by Crippen LogP contribution is -2.54. The van der Waals surface area contributed by atoms with E-state index < -0.39 is 0 Å². The van der Waals surface area contributed by atoms with Crippen LogP contribution in [0.2, 0.25) is 0 Å². The van der Waals surface area contributed by atoms with Gasteiger partial charge >= 0.3 is 0 Å². The van der Waals surface area contributed by atoms with Gasteiger partial charge in [-0.2, -0.15) is 5.26 Å². The Balaban J connectivity index is 2.03. The van der Waals surface area contributed by atoms with Crippen LogP contribution in [0.3, 0.4) is 0 Å². The summed E-state index contributed by atoms with van der Waals surface area (Å²) in [7, 11) is 0. The van der Waals surface area contributed by atoms with Gasteiger partial charge < -0.3 is 5.32 Å². The molecule has 1 aromatic carbocycles. The van der Waals surface area contributed by atoms with Gasteiger partial charge in [0.05, 0.1) is 12.5 Å². The Morgan fingerprint density at radius 3 is 2.88 bits per heavy atom. The van der Waals surface area contributed by atoms with Crippen molar-refractivity contribution in [3.05, 3.63) is 35.9 Å². The fourth-order valence-electron chi connectivity index (χ4n) is 2.35. The summed E-state index contributed by atoms with van der Waals surface area (Å²) in [6, 6.07) is 13.6. The first-order chi connectivity index (χ1) is 8.29. The lowest BCUT2D eigenvalue weighted by molar-refractivity contribution is 0.129. The Hall–Kier alpha value is -1.37. The highest BCUT2D eigenvalue weighted by atomic mass is 15.2. The molecule has 1 aromatic rings. The predicted octanol–water partition coefficient (Wildman–Crippen LogP) is 1.76. The van der Waals surface area contributed by atoms with Crippen molar-refractivity contribution >= 4 is 0 Å². The minimum absolute atomic E-state index is 0.344. The molecule has 0 spiro atoms. The predicted molar refractivity (Wildman–Crippen MR) is 68.3 cm³/mol. The van der Waals surface area contributed by atoms with Crippen molar-refractivity contribution in [2.24, 2.45) is 0 Å². The van der Waals surface area contributed by atoms with Crippen molar-refractivity contribution in [2.75, 3.05) is 13.1 Å². The maximum absolute atomic E-state index is 8.86. The molecule has 2 rings (SSSR count). The molecule has 0 amide bonds. The molecule has 1 heterocycles. The molecule has 2 atom stereocenters. The second-order valence-corrected chi connectivity index (χ2v) is 4.74. The molecule has 0 aliphatic carbocycles. The summed E-state index contributed by atoms with van der Waals surface area (Å²) in [6.07, 6.45) is 0.604. The molecule has 1 aliphatic heterocycles. The summed E-state index contributed by atoms with van der Waals surface area (Å²) in [6.45, 7) is 5.07. The molecule has 3 heteroatoms. The topological polar surface area (TPSA) is 39.1 Å². The number of nitrogens with one attached hydrogen (secondary N) is 1. The molecule has 1 fully saturated rings. The molecular weight excluding hydrogens is 210 g/mol. The van der Waals surface area contributed by atoms with E-state index in [1.165, 1.54) is 5.56 Å². The second-order valence-electron chi connectivity index (χ2n) is 4.74. The van der Waals surface area contributed by atoms with Gasteiger partial charge in [0.15, 0.2) is 0 Å². The van der Waals surface area contributed by atoms with Crippen LogP contribution in [-0.4, -0.2) is 30.1 Å². The van der Waals surface area contributed by atoms with E-state index in [1.54, 1.807) is 0 Å². The smallest absolute Gasteiger partial charge is 0.0638 e. The van der Waals surface area contributed by atoms with Crippen LogP contribution in [0.25, 0.3) is 0 Å². The highest BCUT2D eigenvalue weighted by molar-refractivity contribution is 5.15. The Morgan fingerprint density at radius 1 is 1.41 bits per heavy atom. The summed E-state index contributed by atoms with van der Waals surface area (Å²) in [5, 5.41) is 12.3. The molecule has 0 radical (unpaired) electrons. The molecular formula is C14H19N3. The number of nitriles is 1. The fraction of sp³-hybridized carbons (Fsp3) is 0.500. The minimum atomic E-state index is 0.344. The van der Waals surface area contributed by atoms with Crippen molar-refractivity contribution in [2.45, 2.75) is 32.0 Å². The van der Waals surface area contributed by atoms with Crippen LogP contribution in [0, 0.1) is 11.3 Å². The number of hydrogen-bond acceptors (Lipinski definition) is 3. The number of piperazine rings is 1. The van der Waals surface area contributed by atoms with E-state index in [2.05, 4.69) is 47.5 Å². The summed E-state index contributed by atoms with van der Waals surface area (Å²) in [5.41, 5.74) is 1.32. The first-order valence-corrected chi connectivity index (χ1v) is 6.18. The quantitative estimate of drug-likeness (QED) is 0.858. The number of nitrogens with zero attached hydrogens (tertiary/aromatic N) is 2. The lowest BCUT2D eigenvalue weighted by Gasteiger charge is -2.38. The van der Waals surface area contributed by atoms with Crippen LogP contribution in [-0.2, 0) is 6.54 Å². The third-order valence-electron chi connectivity index (χ3n) is 3.28. The van der Waals surface area contributed by atoms with Gasteiger partial charge in [-0.05, 0) is 12.5 Å². The van der Waals surface area contributed by atoms with Crippen molar-refractivity contribution < 1.29 is 0 Å². The molecule has 0 bridgehead atoms. The molecule has 1 aliphatic rings. The number of benzene rings is 1. The molecule has 17 heavy (non-hydrogen) atoms. The molecule has 0 aromatic heterocycles. The van der Waals surface area contributed by atoms with Crippen LogP contribution < -0.4 is 5.32 Å². The third kappa shape index (κ3) is 3.29. The largest absolute Gasteiger partial charge is 0.311 e. The van der Waals surface area contributed by atoms with Gasteiger partial charge in [0.1, 0.15) is 0 Å². The van der Waals surface area contributed by atoms with Crippen molar-refractivity contribution in [3.63, 3.8) is 0 Å². The number of rotatable bonds is 3. The summed E-state index contributed by atoms with van der Waals surface area (Å²) in [4.78, 5) is 2.42. The normalized spacial score (nSPS) is 25.4. The maximum atomic E-state index is 8.86. The zero-order valence-corrected chi connectivity index (χ0v) is 10.3. The highest BCUT2D eigenvalue weighted by Crippen LogP contribution is 2.14. The molecule has 1 N–H and O–H groups in total. The van der Waals surface area contributed by atoms with E-state index in [-0.39, 0.29) is 0 Å². The van der Waals surface area contributed by atoms with Gasteiger partial charge in [-0.15, -0.1) is 0 Å². The van der Waals surface area contributed by atoms with Crippen LogP contribution in [0.15, 0.2) is 30.3 Å². The standard InChI is InChI=1S/C14H19N3/c1-12-10-17(14(7-8-15)9-16-12)11-13-5-3-2-4-6-13/h2-6,12,14,16H,7,9-11H2,1H3. The van der Waals surface area contributed by atoms with Crippen molar-refractivity contribution in [1.82, 2.24) is 10.2 Å². The number of hydrogen-bond donors (Lipinski definition) is 1. The van der Waals surface area contributed by atoms with Gasteiger partial charge in [0.2, 0.25) is 0 Å². The maximum Gasteiger partial charge on any atom is 0.0638 e. The molecule has 3 nitrogen and oxygen atoms in total. The Morgan fingerprint density at radius 2 is 2.18 bits per heavy atom. The van der Waals surface area contributed by atoms with Crippen LogP contribution in [0.4, 0.5) is 0 Å². The average molecular weight is 229 g/mol. The minimum Gasteiger partial charge on any atom is -0.311 e. The SMILES string of the molecule is CC1CN(Cc2ccccc2)C(CC#N)CN1. The Kier molecular flexibility index (Phi) is 4.13. The van der Waals surface area contributed by atoms with E-state index in [0.29, 0.717) is 18.5 Å². The van der Waals surface area contributed by atoms with Crippen LogP contribution in [0.1, 0.15) is 18.9 Å². The zero-order chi connectivity index (χ0) is 12.1. The molecule has 0 saturated carbocycles. The van der Waals surface area contributed by atoms with E-state index in [1.807, 2.05) is 6.07 Å². The first-order valence-electron chi connectivity index (χ1n) is 6.18. The Bertz CT molecular complexity index is 382. The third-order valence-corrected chi connectivity index (χ3v) is 3.28. The fourth-order valence-corrected chi connectivity index (χ4v) is 2.35. The molecule has 2 unspecified atom stereocenters. The first kappa shape index (κ1) is 12.1. The average Bonchev–Trinajstić information content (AvgIpc) is 2.34. The van der Waals surface area contributed by atoms with Gasteiger partial charge in [-0.25, -0.2) is 0 Å². The van der Waals surface area contributed by atoms with Gasteiger partial charge in [0, 0.05) is 31.7 Å².